The number of hydrogen-bond donors (Lipinski definition) is 0. The van der Waals surface area contributed by atoms with Crippen molar-refractivity contribution in [2.75, 3.05) is 0 Å². The number of aryl methyl sites for hydroxylation is 1. The second-order valence-corrected chi connectivity index (χ2v) is 5.47. The number of nitrogens with zero attached hydrogens (tertiary/aromatic N) is 2. The summed E-state index contributed by atoms with van der Waals surface area (Å²) in [6, 6.07) is 14.0. The molecule has 0 radical (unpaired) electrons. The molecule has 0 bridgehead atoms. The standard InChI is InChI=1S/C16H14Cl2N2.ClH/c1-11-19-15-7-6-12(9-17)8-16(15)20(11)10-13-4-2-3-5-14(13)18;/h2-8H,9-10H2,1H3;1H. The molecule has 0 aliphatic heterocycles. The second kappa shape index (κ2) is 6.69. The Hall–Kier alpha value is -1.22. The average molecular weight is 342 g/mol. The first kappa shape index (κ1) is 16.2. The zero-order chi connectivity index (χ0) is 14.1. The Morgan fingerprint density at radius 2 is 1.90 bits per heavy atom. The topological polar surface area (TPSA) is 17.8 Å². The first-order valence-electron chi connectivity index (χ1n) is 6.44. The van der Waals surface area contributed by atoms with Crippen molar-refractivity contribution >= 4 is 46.6 Å². The highest BCUT2D eigenvalue weighted by molar-refractivity contribution is 6.31. The van der Waals surface area contributed by atoms with Crippen molar-refractivity contribution in [1.29, 1.82) is 0 Å². The molecular weight excluding hydrogens is 327 g/mol. The van der Waals surface area contributed by atoms with Crippen LogP contribution in [-0.4, -0.2) is 9.55 Å². The summed E-state index contributed by atoms with van der Waals surface area (Å²) in [6.45, 7) is 2.73. The number of alkyl halides is 1. The zero-order valence-corrected chi connectivity index (χ0v) is 13.8. The van der Waals surface area contributed by atoms with Crippen LogP contribution in [0.3, 0.4) is 0 Å². The maximum Gasteiger partial charge on any atom is 0.107 e. The monoisotopic (exact) mass is 340 g/mol. The molecule has 3 aromatic rings. The number of benzene rings is 2. The molecule has 1 aromatic heterocycles. The highest BCUT2D eigenvalue weighted by Crippen LogP contribution is 2.22. The van der Waals surface area contributed by atoms with E-state index in [1.54, 1.807) is 0 Å². The lowest BCUT2D eigenvalue weighted by Crippen LogP contribution is -2.02. The predicted octanol–water partition coefficient (Wildman–Crippen LogP) is 5.21. The molecule has 0 fully saturated rings. The molecule has 0 saturated heterocycles. The van der Waals surface area contributed by atoms with Crippen LogP contribution in [0.15, 0.2) is 42.5 Å². The van der Waals surface area contributed by atoms with Crippen molar-refractivity contribution in [3.8, 4) is 0 Å². The molecule has 0 unspecified atom stereocenters. The van der Waals surface area contributed by atoms with Crippen molar-refractivity contribution < 1.29 is 0 Å². The summed E-state index contributed by atoms with van der Waals surface area (Å²) in [7, 11) is 0. The van der Waals surface area contributed by atoms with Gasteiger partial charge in [0.2, 0.25) is 0 Å². The number of rotatable bonds is 3. The number of fused-ring (bicyclic) bond motifs is 1. The Bertz CT molecular complexity index is 765. The van der Waals surface area contributed by atoms with E-state index in [1.807, 2.05) is 43.3 Å². The molecule has 0 aliphatic rings. The van der Waals surface area contributed by atoms with E-state index < -0.39 is 0 Å². The molecule has 3 rings (SSSR count). The summed E-state index contributed by atoms with van der Waals surface area (Å²) < 4.78 is 2.17. The van der Waals surface area contributed by atoms with E-state index in [1.165, 1.54) is 0 Å². The van der Waals surface area contributed by atoms with Crippen molar-refractivity contribution in [1.82, 2.24) is 9.55 Å². The fraction of sp³-hybridized carbons (Fsp3) is 0.188. The lowest BCUT2D eigenvalue weighted by Gasteiger charge is -2.09. The van der Waals surface area contributed by atoms with E-state index in [-0.39, 0.29) is 12.4 Å². The molecular formula is C16H15Cl3N2. The minimum Gasteiger partial charge on any atom is -0.324 e. The third kappa shape index (κ3) is 3.18. The second-order valence-electron chi connectivity index (χ2n) is 4.79. The van der Waals surface area contributed by atoms with Gasteiger partial charge >= 0.3 is 0 Å². The Labute approximate surface area is 140 Å². The molecule has 0 spiro atoms. The van der Waals surface area contributed by atoms with Gasteiger partial charge in [0.15, 0.2) is 0 Å². The van der Waals surface area contributed by atoms with Crippen LogP contribution in [-0.2, 0) is 12.4 Å². The Kier molecular flexibility index (Phi) is 5.15. The van der Waals surface area contributed by atoms with Gasteiger partial charge in [-0.25, -0.2) is 4.98 Å². The summed E-state index contributed by atoms with van der Waals surface area (Å²) >= 11 is 12.2. The van der Waals surface area contributed by atoms with Crippen LogP contribution in [0.25, 0.3) is 11.0 Å². The Balaban J connectivity index is 0.00000161. The van der Waals surface area contributed by atoms with E-state index in [0.717, 1.165) is 33.0 Å². The molecule has 0 amide bonds. The summed E-state index contributed by atoms with van der Waals surface area (Å²) in [6.07, 6.45) is 0. The van der Waals surface area contributed by atoms with E-state index >= 15 is 0 Å². The van der Waals surface area contributed by atoms with Crippen LogP contribution in [0.2, 0.25) is 5.02 Å². The van der Waals surface area contributed by atoms with Crippen molar-refractivity contribution in [3.63, 3.8) is 0 Å². The van der Waals surface area contributed by atoms with Gasteiger partial charge in [-0.05, 0) is 36.2 Å². The normalized spacial score (nSPS) is 10.6. The van der Waals surface area contributed by atoms with Crippen molar-refractivity contribution in [2.24, 2.45) is 0 Å². The van der Waals surface area contributed by atoms with Crippen molar-refractivity contribution in [3.05, 3.63) is 64.4 Å². The molecule has 5 heteroatoms. The minimum atomic E-state index is 0. The molecule has 0 N–H and O–H groups in total. The lowest BCUT2D eigenvalue weighted by atomic mass is 10.2. The van der Waals surface area contributed by atoms with Crippen LogP contribution in [0.5, 0.6) is 0 Å². The molecule has 0 saturated carbocycles. The third-order valence-corrected chi connectivity index (χ3v) is 4.12. The number of hydrogen-bond acceptors (Lipinski definition) is 1. The van der Waals surface area contributed by atoms with Gasteiger partial charge in [0.1, 0.15) is 5.82 Å². The smallest absolute Gasteiger partial charge is 0.107 e. The van der Waals surface area contributed by atoms with Gasteiger partial charge in [-0.3, -0.25) is 0 Å². The van der Waals surface area contributed by atoms with Gasteiger partial charge in [-0.2, -0.15) is 0 Å². The van der Waals surface area contributed by atoms with Crippen molar-refractivity contribution in [2.45, 2.75) is 19.3 Å². The first-order chi connectivity index (χ1) is 9.69. The van der Waals surface area contributed by atoms with Gasteiger partial charge in [-0.1, -0.05) is 35.9 Å². The van der Waals surface area contributed by atoms with Gasteiger partial charge in [0.25, 0.3) is 0 Å². The summed E-state index contributed by atoms with van der Waals surface area (Å²) in [4.78, 5) is 4.59. The molecule has 2 nitrogen and oxygen atoms in total. The summed E-state index contributed by atoms with van der Waals surface area (Å²) in [5.74, 6) is 1.48. The molecule has 0 aliphatic carbocycles. The molecule has 1 heterocycles. The van der Waals surface area contributed by atoms with Crippen LogP contribution >= 0.6 is 35.6 Å². The summed E-state index contributed by atoms with van der Waals surface area (Å²) in [5, 5.41) is 0.780. The quantitative estimate of drug-likeness (QED) is 0.598. The number of halogens is 3. The Morgan fingerprint density at radius 3 is 2.62 bits per heavy atom. The predicted molar refractivity (Wildman–Crippen MR) is 91.8 cm³/mol. The maximum absolute atomic E-state index is 6.25. The minimum absolute atomic E-state index is 0. The van der Waals surface area contributed by atoms with Crippen LogP contribution in [0, 0.1) is 6.92 Å². The fourth-order valence-corrected chi connectivity index (χ4v) is 2.73. The Morgan fingerprint density at radius 1 is 1.14 bits per heavy atom. The van der Waals surface area contributed by atoms with E-state index in [9.17, 15) is 0 Å². The van der Waals surface area contributed by atoms with Crippen LogP contribution in [0.1, 0.15) is 17.0 Å². The molecule has 110 valence electrons. The molecule has 2 aromatic carbocycles. The molecule has 0 atom stereocenters. The first-order valence-corrected chi connectivity index (χ1v) is 7.35. The van der Waals surface area contributed by atoms with Crippen LogP contribution in [0.4, 0.5) is 0 Å². The van der Waals surface area contributed by atoms with Crippen LogP contribution < -0.4 is 0 Å². The SMILES string of the molecule is Cc1nc2ccc(CCl)cc2n1Cc1ccccc1Cl.Cl. The highest BCUT2D eigenvalue weighted by atomic mass is 35.5. The van der Waals surface area contributed by atoms with Gasteiger partial charge in [-0.15, -0.1) is 24.0 Å². The number of imidazole rings is 1. The van der Waals surface area contributed by atoms with E-state index in [0.29, 0.717) is 12.4 Å². The van der Waals surface area contributed by atoms with Gasteiger partial charge in [0.05, 0.1) is 17.6 Å². The maximum atomic E-state index is 6.25. The fourth-order valence-electron chi connectivity index (χ4n) is 2.37. The third-order valence-electron chi connectivity index (χ3n) is 3.44. The van der Waals surface area contributed by atoms with E-state index in [2.05, 4.69) is 15.6 Å². The highest BCUT2D eigenvalue weighted by Gasteiger charge is 2.10. The van der Waals surface area contributed by atoms with Gasteiger partial charge in [0, 0.05) is 10.9 Å². The van der Waals surface area contributed by atoms with E-state index in [4.69, 9.17) is 23.2 Å². The largest absolute Gasteiger partial charge is 0.324 e. The zero-order valence-electron chi connectivity index (χ0n) is 11.5. The summed E-state index contributed by atoms with van der Waals surface area (Å²) in [5.41, 5.74) is 4.27. The average Bonchev–Trinajstić information content (AvgIpc) is 2.77. The lowest BCUT2D eigenvalue weighted by molar-refractivity contribution is 0.786. The van der Waals surface area contributed by atoms with Gasteiger partial charge < -0.3 is 4.57 Å². The molecule has 21 heavy (non-hydrogen) atoms. The number of aromatic nitrogens is 2.